The van der Waals surface area contributed by atoms with Gasteiger partial charge in [-0.05, 0) is 36.4 Å². The van der Waals surface area contributed by atoms with Crippen molar-refractivity contribution < 1.29 is 39.2 Å². The average Bonchev–Trinajstić information content (AvgIpc) is 2.97. The van der Waals surface area contributed by atoms with E-state index in [1.807, 2.05) is 0 Å². The molecule has 0 heterocycles. The molecular weight excluding hydrogens is 552 g/mol. The third-order valence-corrected chi connectivity index (χ3v) is 6.41. The zero-order chi connectivity index (χ0) is 30.3. The number of carbonyl (C=O) groups is 4. The van der Waals surface area contributed by atoms with Crippen LogP contribution in [0.4, 0.5) is 22.7 Å². The number of phenols is 2. The SMILES string of the molecule is O=C(Nc1ccc(O)c2c1C(=O)c1c(O)ccc(NC(=O)c3cccc([N+](=O)[O-])c3)c1C2=O)c1cccc([N+](=O)[O-])c1. The van der Waals surface area contributed by atoms with Gasteiger partial charge in [0.25, 0.3) is 23.2 Å². The number of nitro groups is 2. The maximum atomic E-state index is 13.7. The summed E-state index contributed by atoms with van der Waals surface area (Å²) in [6.07, 6.45) is 0. The number of hydrogen-bond acceptors (Lipinski definition) is 10. The number of nitrogens with one attached hydrogen (secondary N) is 2. The molecule has 4 N–H and O–H groups in total. The number of benzene rings is 4. The second kappa shape index (κ2) is 10.3. The minimum atomic E-state index is -0.978. The molecule has 14 nitrogen and oxygen atoms in total. The van der Waals surface area contributed by atoms with Crippen molar-refractivity contribution in [2.24, 2.45) is 0 Å². The first-order chi connectivity index (χ1) is 20.0. The number of anilines is 2. The van der Waals surface area contributed by atoms with Crippen LogP contribution in [0, 0.1) is 20.2 Å². The highest BCUT2D eigenvalue weighted by atomic mass is 16.6. The molecule has 0 spiro atoms. The molecule has 0 aliphatic heterocycles. The zero-order valence-electron chi connectivity index (χ0n) is 21.0. The van der Waals surface area contributed by atoms with E-state index in [0.717, 1.165) is 36.4 Å². The summed E-state index contributed by atoms with van der Waals surface area (Å²) in [5.74, 6) is -4.95. The van der Waals surface area contributed by atoms with Gasteiger partial charge in [-0.25, -0.2) is 0 Å². The van der Waals surface area contributed by atoms with Crippen LogP contribution in [0.5, 0.6) is 11.5 Å². The Balaban J connectivity index is 1.55. The van der Waals surface area contributed by atoms with Gasteiger partial charge in [0, 0.05) is 35.4 Å². The number of carbonyl (C=O) groups excluding carboxylic acids is 4. The van der Waals surface area contributed by atoms with Gasteiger partial charge >= 0.3 is 0 Å². The Hall–Kier alpha value is -6.44. The molecule has 0 aromatic heterocycles. The standard InChI is InChI=1S/C28H16N4O10/c33-19-9-7-17(29-27(37)13-3-1-5-15(11-13)31(39)40)21-23(19)26(36)22-18(8-10-20(34)24(22)25(21)35)30-28(38)14-4-2-6-16(12-14)32(41)42/h1-12,33-34H,(H,29,37)(H,30,38). The van der Waals surface area contributed by atoms with Crippen molar-refractivity contribution in [2.75, 3.05) is 10.6 Å². The first kappa shape index (κ1) is 27.1. The molecule has 0 fully saturated rings. The van der Waals surface area contributed by atoms with Crippen LogP contribution in [-0.4, -0.2) is 43.4 Å². The van der Waals surface area contributed by atoms with Crippen LogP contribution < -0.4 is 10.6 Å². The van der Waals surface area contributed by atoms with Gasteiger partial charge in [-0.15, -0.1) is 0 Å². The normalized spacial score (nSPS) is 11.7. The van der Waals surface area contributed by atoms with Crippen molar-refractivity contribution >= 4 is 46.1 Å². The highest BCUT2D eigenvalue weighted by Gasteiger charge is 2.38. The van der Waals surface area contributed by atoms with Crippen molar-refractivity contribution in [1.82, 2.24) is 0 Å². The number of nitro benzene ring substituents is 2. The molecule has 42 heavy (non-hydrogen) atoms. The molecule has 0 saturated heterocycles. The molecule has 1 aliphatic carbocycles. The summed E-state index contributed by atoms with van der Waals surface area (Å²) in [6.45, 7) is 0. The van der Waals surface area contributed by atoms with Crippen molar-refractivity contribution in [3.05, 3.63) is 126 Å². The van der Waals surface area contributed by atoms with Crippen LogP contribution in [0.15, 0.2) is 72.8 Å². The predicted molar refractivity (Wildman–Crippen MR) is 145 cm³/mol. The number of fused-ring (bicyclic) bond motifs is 2. The number of phenolic OH excluding ortho intramolecular Hbond substituents is 2. The van der Waals surface area contributed by atoms with Crippen LogP contribution in [-0.2, 0) is 0 Å². The van der Waals surface area contributed by atoms with Gasteiger partial charge in [0.05, 0.1) is 43.5 Å². The van der Waals surface area contributed by atoms with Gasteiger partial charge in [0.15, 0.2) is 0 Å². The fourth-order valence-corrected chi connectivity index (χ4v) is 4.48. The van der Waals surface area contributed by atoms with E-state index in [2.05, 4.69) is 10.6 Å². The fourth-order valence-electron chi connectivity index (χ4n) is 4.48. The van der Waals surface area contributed by atoms with Gasteiger partial charge in [-0.2, -0.15) is 0 Å². The van der Waals surface area contributed by atoms with Crippen LogP contribution in [0.25, 0.3) is 0 Å². The Morgan fingerprint density at radius 3 is 1.33 bits per heavy atom. The Morgan fingerprint density at radius 1 is 0.595 bits per heavy atom. The molecule has 208 valence electrons. The van der Waals surface area contributed by atoms with Crippen LogP contribution in [0.1, 0.15) is 52.6 Å². The number of aromatic hydroxyl groups is 2. The van der Waals surface area contributed by atoms with Crippen LogP contribution in [0.2, 0.25) is 0 Å². The van der Waals surface area contributed by atoms with Crippen LogP contribution in [0.3, 0.4) is 0 Å². The third-order valence-electron chi connectivity index (χ3n) is 6.41. The molecular formula is C28H16N4O10. The fraction of sp³-hybridized carbons (Fsp3) is 0. The van der Waals surface area contributed by atoms with E-state index in [-0.39, 0.29) is 33.9 Å². The van der Waals surface area contributed by atoms with Gasteiger partial charge in [0.1, 0.15) is 11.5 Å². The summed E-state index contributed by atoms with van der Waals surface area (Å²) in [6, 6.07) is 13.9. The molecule has 4 aromatic rings. The smallest absolute Gasteiger partial charge is 0.270 e. The molecule has 1 aliphatic rings. The van der Waals surface area contributed by atoms with Gasteiger partial charge < -0.3 is 20.8 Å². The monoisotopic (exact) mass is 568 g/mol. The highest BCUT2D eigenvalue weighted by molar-refractivity contribution is 6.34. The number of rotatable bonds is 6. The summed E-state index contributed by atoms with van der Waals surface area (Å²) in [4.78, 5) is 74.0. The molecule has 0 saturated carbocycles. The number of amides is 2. The maximum Gasteiger partial charge on any atom is 0.270 e. The Labute approximate surface area is 234 Å². The van der Waals surface area contributed by atoms with E-state index in [9.17, 15) is 49.6 Å². The van der Waals surface area contributed by atoms with E-state index < -0.39 is 67.0 Å². The second-order valence-corrected chi connectivity index (χ2v) is 8.95. The molecule has 14 heteroatoms. The topological polar surface area (TPSA) is 219 Å². The summed E-state index contributed by atoms with van der Waals surface area (Å²) >= 11 is 0. The molecule has 0 radical (unpaired) electrons. The molecule has 0 unspecified atom stereocenters. The average molecular weight is 568 g/mol. The van der Waals surface area contributed by atoms with Gasteiger partial charge in [-0.3, -0.25) is 39.4 Å². The lowest BCUT2D eigenvalue weighted by Gasteiger charge is -2.24. The molecule has 0 atom stereocenters. The zero-order valence-corrected chi connectivity index (χ0v) is 21.0. The van der Waals surface area contributed by atoms with Gasteiger partial charge in [-0.1, -0.05) is 12.1 Å². The molecule has 4 aromatic carbocycles. The summed E-state index contributed by atoms with van der Waals surface area (Å²) < 4.78 is 0. The third kappa shape index (κ3) is 4.64. The lowest BCUT2D eigenvalue weighted by molar-refractivity contribution is -0.385. The predicted octanol–water partition coefficient (Wildman–Crippen LogP) is 4.19. The molecule has 0 bridgehead atoms. The lowest BCUT2D eigenvalue weighted by Crippen LogP contribution is -2.26. The highest BCUT2D eigenvalue weighted by Crippen LogP contribution is 2.42. The number of nitrogens with zero attached hydrogens (tertiary/aromatic N) is 2. The Kier molecular flexibility index (Phi) is 6.64. The van der Waals surface area contributed by atoms with Crippen molar-refractivity contribution in [2.45, 2.75) is 0 Å². The van der Waals surface area contributed by atoms with Crippen molar-refractivity contribution in [3.63, 3.8) is 0 Å². The van der Waals surface area contributed by atoms with E-state index in [4.69, 9.17) is 0 Å². The Bertz CT molecular complexity index is 1760. The summed E-state index contributed by atoms with van der Waals surface area (Å²) in [7, 11) is 0. The van der Waals surface area contributed by atoms with E-state index in [1.165, 1.54) is 36.4 Å². The number of non-ortho nitro benzene ring substituents is 2. The summed E-state index contributed by atoms with van der Waals surface area (Å²) in [5, 5.41) is 48.2. The van der Waals surface area contributed by atoms with Gasteiger partial charge in [0.2, 0.25) is 11.6 Å². The Morgan fingerprint density at radius 2 is 0.976 bits per heavy atom. The maximum absolute atomic E-state index is 13.7. The quantitative estimate of drug-likeness (QED) is 0.130. The second-order valence-electron chi connectivity index (χ2n) is 8.95. The number of hydrogen-bond donors (Lipinski definition) is 4. The van der Waals surface area contributed by atoms with E-state index in [1.54, 1.807) is 0 Å². The lowest BCUT2D eigenvalue weighted by atomic mass is 9.81. The largest absolute Gasteiger partial charge is 0.507 e. The minimum Gasteiger partial charge on any atom is -0.507 e. The first-order valence-electron chi connectivity index (χ1n) is 11.9. The first-order valence-corrected chi connectivity index (χ1v) is 11.9. The van der Waals surface area contributed by atoms with Crippen LogP contribution >= 0.6 is 0 Å². The van der Waals surface area contributed by atoms with E-state index in [0.29, 0.717) is 0 Å². The summed E-state index contributed by atoms with van der Waals surface area (Å²) in [5.41, 5.74) is -3.40. The molecule has 5 rings (SSSR count). The van der Waals surface area contributed by atoms with Crippen molar-refractivity contribution in [3.8, 4) is 11.5 Å². The number of ketones is 2. The van der Waals surface area contributed by atoms with E-state index >= 15 is 0 Å². The molecule has 2 amide bonds. The van der Waals surface area contributed by atoms with Crippen molar-refractivity contribution in [1.29, 1.82) is 0 Å². The minimum absolute atomic E-state index is 0.130.